The predicted molar refractivity (Wildman–Crippen MR) is 159 cm³/mol. The average Bonchev–Trinajstić information content (AvgIpc) is 2.99. The number of hydrogen-bond acceptors (Lipinski definition) is 7. The molecule has 2 fully saturated rings. The van der Waals surface area contributed by atoms with Gasteiger partial charge in [-0.3, -0.25) is 19.4 Å². The number of aromatic hydroxyl groups is 1. The highest BCUT2D eigenvalue weighted by Crippen LogP contribution is 2.34. The molecule has 0 bridgehead atoms. The molecule has 3 aromatic rings. The second kappa shape index (κ2) is 12.8. The van der Waals surface area contributed by atoms with Crippen molar-refractivity contribution in [2.75, 3.05) is 39.1 Å². The van der Waals surface area contributed by atoms with Gasteiger partial charge in [-0.1, -0.05) is 36.4 Å². The Morgan fingerprint density at radius 3 is 2.40 bits per heavy atom. The van der Waals surface area contributed by atoms with Crippen LogP contribution in [0.15, 0.2) is 66.9 Å². The molecule has 1 aromatic heterocycles. The van der Waals surface area contributed by atoms with Gasteiger partial charge in [0.15, 0.2) is 0 Å². The summed E-state index contributed by atoms with van der Waals surface area (Å²) >= 11 is 0. The third kappa shape index (κ3) is 6.72. The van der Waals surface area contributed by atoms with E-state index in [9.17, 15) is 32.7 Å². The number of hydrazine groups is 1. The summed E-state index contributed by atoms with van der Waals surface area (Å²) in [5.41, 5.74) is 0.683. The Bertz CT molecular complexity index is 1560. The lowest BCUT2D eigenvalue weighted by molar-refractivity contribution is -0.202. The smallest absolute Gasteiger partial charge is 0.416 e. The molecule has 2 saturated heterocycles. The molecule has 3 heterocycles. The molecule has 45 heavy (non-hydrogen) atoms. The van der Waals surface area contributed by atoms with Crippen molar-refractivity contribution in [2.45, 2.75) is 44.2 Å². The Balaban J connectivity index is 1.48. The standard InChI is InChI=1S/C32H35F3N6O4/c1-37(2)30-23(8-6-16-36-30)18-39-19-27-40(26(31(39)45)17-21-10-13-24(42)14-11-21)29(44)20-38(3)41(27)28(43)15-12-22-7-4-5-9-25(22)32(33,34)35/h4-11,13-14,16,26-27,42H,12,15,17-20H2,1-3H3/t26-,27?/m0/s1. The number of aryl methyl sites for hydroxylation is 1. The van der Waals surface area contributed by atoms with E-state index in [0.29, 0.717) is 11.4 Å². The van der Waals surface area contributed by atoms with Crippen LogP contribution in [0.25, 0.3) is 0 Å². The van der Waals surface area contributed by atoms with Crippen molar-refractivity contribution in [1.29, 1.82) is 0 Å². The number of piperazine rings is 1. The lowest BCUT2D eigenvalue weighted by Gasteiger charge is -2.54. The monoisotopic (exact) mass is 624 g/mol. The van der Waals surface area contributed by atoms with Crippen molar-refractivity contribution >= 4 is 23.5 Å². The second-order valence-electron chi connectivity index (χ2n) is 11.5. The van der Waals surface area contributed by atoms with Crippen molar-refractivity contribution in [1.82, 2.24) is 24.8 Å². The van der Waals surface area contributed by atoms with Gasteiger partial charge in [-0.15, -0.1) is 0 Å². The fourth-order valence-electron chi connectivity index (χ4n) is 6.10. The Labute approximate surface area is 259 Å². The zero-order valence-corrected chi connectivity index (χ0v) is 25.2. The number of pyridine rings is 1. The normalized spacial score (nSPS) is 19.1. The number of alkyl halides is 3. The molecule has 1 unspecified atom stereocenters. The van der Waals surface area contributed by atoms with E-state index in [4.69, 9.17) is 0 Å². The predicted octanol–water partition coefficient (Wildman–Crippen LogP) is 3.30. The maximum absolute atomic E-state index is 14.1. The lowest BCUT2D eigenvalue weighted by Crippen LogP contribution is -2.75. The number of likely N-dealkylation sites (N-methyl/N-ethyl adjacent to an activating group) is 1. The van der Waals surface area contributed by atoms with Crippen LogP contribution in [0.2, 0.25) is 0 Å². The van der Waals surface area contributed by atoms with Crippen LogP contribution in [0.5, 0.6) is 5.75 Å². The molecule has 1 N–H and O–H groups in total. The number of nitrogens with zero attached hydrogens (tertiary/aromatic N) is 6. The third-order valence-corrected chi connectivity index (χ3v) is 8.14. The summed E-state index contributed by atoms with van der Waals surface area (Å²) in [6.45, 7) is -0.0305. The largest absolute Gasteiger partial charge is 0.508 e. The molecule has 13 heteroatoms. The van der Waals surface area contributed by atoms with Crippen LogP contribution in [0.4, 0.5) is 19.0 Å². The van der Waals surface area contributed by atoms with Crippen LogP contribution >= 0.6 is 0 Å². The SMILES string of the molecule is CN(C)c1ncccc1CN1CC2N(C(=O)CN(C)N2C(=O)CCc2ccccc2C(F)(F)F)[C@@H](Cc2ccc(O)cc2)C1=O. The fourth-order valence-corrected chi connectivity index (χ4v) is 6.10. The van der Waals surface area contributed by atoms with E-state index < -0.39 is 29.9 Å². The number of fused-ring (bicyclic) bond motifs is 1. The number of carbonyl (C=O) groups excluding carboxylic acids is 3. The van der Waals surface area contributed by atoms with Gasteiger partial charge in [-0.05, 0) is 41.8 Å². The summed E-state index contributed by atoms with van der Waals surface area (Å²) in [7, 11) is 5.26. The molecule has 0 aliphatic carbocycles. The quantitative estimate of drug-likeness (QED) is 0.411. The van der Waals surface area contributed by atoms with Crippen LogP contribution in [0.3, 0.4) is 0 Å². The first-order valence-electron chi connectivity index (χ1n) is 14.5. The molecule has 2 aliphatic heterocycles. The Kier molecular flexibility index (Phi) is 9.01. The highest BCUT2D eigenvalue weighted by atomic mass is 19.4. The number of hydrogen-bond donors (Lipinski definition) is 1. The first kappa shape index (κ1) is 31.8. The zero-order chi connectivity index (χ0) is 32.5. The van der Waals surface area contributed by atoms with Gasteiger partial charge in [0.05, 0.1) is 18.7 Å². The first-order chi connectivity index (χ1) is 21.3. The van der Waals surface area contributed by atoms with E-state index in [0.717, 1.165) is 11.6 Å². The average molecular weight is 625 g/mol. The number of anilines is 1. The van der Waals surface area contributed by atoms with Gasteiger partial charge in [0, 0.05) is 52.3 Å². The van der Waals surface area contributed by atoms with E-state index in [-0.39, 0.29) is 62.0 Å². The Morgan fingerprint density at radius 2 is 1.71 bits per heavy atom. The van der Waals surface area contributed by atoms with Crippen molar-refractivity contribution in [3.63, 3.8) is 0 Å². The van der Waals surface area contributed by atoms with Gasteiger partial charge in [0.2, 0.25) is 17.7 Å². The van der Waals surface area contributed by atoms with E-state index in [2.05, 4.69) is 4.98 Å². The van der Waals surface area contributed by atoms with Crippen LogP contribution in [0.1, 0.15) is 28.7 Å². The number of halogens is 3. The summed E-state index contributed by atoms with van der Waals surface area (Å²) in [5, 5.41) is 12.7. The van der Waals surface area contributed by atoms with Gasteiger partial charge >= 0.3 is 6.18 Å². The second-order valence-corrected chi connectivity index (χ2v) is 11.5. The van der Waals surface area contributed by atoms with Crippen LogP contribution < -0.4 is 4.90 Å². The van der Waals surface area contributed by atoms with E-state index in [1.165, 1.54) is 45.2 Å². The van der Waals surface area contributed by atoms with E-state index in [1.807, 2.05) is 25.1 Å². The number of amides is 3. The Hall–Kier alpha value is -4.65. The fraction of sp³-hybridized carbons (Fsp3) is 0.375. The summed E-state index contributed by atoms with van der Waals surface area (Å²) in [4.78, 5) is 50.8. The minimum absolute atomic E-state index is 0.00407. The number of phenols is 1. The highest BCUT2D eigenvalue weighted by Gasteiger charge is 2.50. The molecule has 238 valence electrons. The Morgan fingerprint density at radius 1 is 1.02 bits per heavy atom. The minimum Gasteiger partial charge on any atom is -0.508 e. The third-order valence-electron chi connectivity index (χ3n) is 8.14. The molecular formula is C32H35F3N6O4. The zero-order valence-electron chi connectivity index (χ0n) is 25.2. The van der Waals surface area contributed by atoms with E-state index >= 15 is 0 Å². The number of carbonyl (C=O) groups is 3. The van der Waals surface area contributed by atoms with E-state index in [1.54, 1.807) is 36.3 Å². The van der Waals surface area contributed by atoms with Crippen LogP contribution in [-0.4, -0.2) is 94.1 Å². The molecule has 2 aromatic carbocycles. The van der Waals surface area contributed by atoms with Crippen molar-refractivity contribution in [2.24, 2.45) is 0 Å². The first-order valence-corrected chi connectivity index (χ1v) is 14.5. The van der Waals surface area contributed by atoms with Gasteiger partial charge in [-0.25, -0.2) is 9.99 Å². The molecule has 0 radical (unpaired) electrons. The molecule has 3 amide bonds. The highest BCUT2D eigenvalue weighted by molar-refractivity contribution is 5.92. The van der Waals surface area contributed by atoms with Crippen molar-refractivity contribution in [3.8, 4) is 5.75 Å². The van der Waals surface area contributed by atoms with Gasteiger partial charge in [0.25, 0.3) is 0 Å². The number of phenolic OH excluding ortho intramolecular Hbond substituents is 1. The van der Waals surface area contributed by atoms with Gasteiger partial charge in [-0.2, -0.15) is 13.2 Å². The van der Waals surface area contributed by atoms with Gasteiger partial charge in [0.1, 0.15) is 23.8 Å². The summed E-state index contributed by atoms with van der Waals surface area (Å²) in [6, 6.07) is 14.2. The topological polar surface area (TPSA) is 101 Å². The number of aromatic nitrogens is 1. The molecule has 2 atom stereocenters. The molecular weight excluding hydrogens is 589 g/mol. The molecule has 5 rings (SSSR count). The molecule has 10 nitrogen and oxygen atoms in total. The van der Waals surface area contributed by atoms with Crippen molar-refractivity contribution < 1.29 is 32.7 Å². The van der Waals surface area contributed by atoms with Crippen LogP contribution in [-0.2, 0) is 39.9 Å². The number of rotatable bonds is 8. The maximum Gasteiger partial charge on any atom is 0.416 e. The summed E-state index contributed by atoms with van der Waals surface area (Å²) < 4.78 is 40.9. The number of benzene rings is 2. The maximum atomic E-state index is 14.1. The van der Waals surface area contributed by atoms with Gasteiger partial charge < -0.3 is 19.8 Å². The molecule has 0 saturated carbocycles. The minimum atomic E-state index is -4.56. The lowest BCUT2D eigenvalue weighted by atomic mass is 9.98. The molecule has 2 aliphatic rings. The summed E-state index contributed by atoms with van der Waals surface area (Å²) in [5.74, 6) is -0.403. The molecule has 0 spiro atoms. The van der Waals surface area contributed by atoms with Crippen LogP contribution in [0, 0.1) is 0 Å². The summed E-state index contributed by atoms with van der Waals surface area (Å²) in [6.07, 6.45) is -4.05. The van der Waals surface area contributed by atoms with Crippen molar-refractivity contribution in [3.05, 3.63) is 89.1 Å².